The summed E-state index contributed by atoms with van der Waals surface area (Å²) in [6, 6.07) is 2.89. The summed E-state index contributed by atoms with van der Waals surface area (Å²) >= 11 is 0. The van der Waals surface area contributed by atoms with E-state index in [1.165, 1.54) is 19.2 Å². The second kappa shape index (κ2) is 6.78. The Bertz CT molecular complexity index is 406. The van der Waals surface area contributed by atoms with Gasteiger partial charge in [-0.1, -0.05) is 26.7 Å². The van der Waals surface area contributed by atoms with Gasteiger partial charge in [-0.3, -0.25) is 10.1 Å². The van der Waals surface area contributed by atoms with Crippen LogP contribution < -0.4 is 10.1 Å². The van der Waals surface area contributed by atoms with Crippen molar-refractivity contribution >= 4 is 11.5 Å². The third-order valence-electron chi connectivity index (χ3n) is 2.97. The third kappa shape index (κ3) is 3.58. The lowest BCUT2D eigenvalue weighted by Crippen LogP contribution is -2.14. The van der Waals surface area contributed by atoms with Crippen LogP contribution >= 0.6 is 0 Å². The number of anilines is 1. The van der Waals surface area contributed by atoms with Gasteiger partial charge in [0.1, 0.15) is 0 Å². The highest BCUT2D eigenvalue weighted by atomic mass is 16.6. The highest BCUT2D eigenvalue weighted by Gasteiger charge is 2.17. The molecule has 1 aromatic rings. The maximum Gasteiger partial charge on any atom is 0.311 e. The van der Waals surface area contributed by atoms with Crippen LogP contribution in [0.3, 0.4) is 0 Å². The van der Waals surface area contributed by atoms with Gasteiger partial charge in [0, 0.05) is 18.7 Å². The average Bonchev–Trinajstić information content (AvgIpc) is 2.39. The first-order valence-corrected chi connectivity index (χ1v) is 6.05. The van der Waals surface area contributed by atoms with Crippen LogP contribution in [0.2, 0.25) is 0 Å². The van der Waals surface area contributed by atoms with Gasteiger partial charge in [-0.2, -0.15) is 4.98 Å². The van der Waals surface area contributed by atoms with Crippen molar-refractivity contribution in [2.24, 2.45) is 5.92 Å². The fourth-order valence-electron chi connectivity index (χ4n) is 1.64. The van der Waals surface area contributed by atoms with Crippen molar-refractivity contribution in [1.29, 1.82) is 0 Å². The molecule has 0 saturated heterocycles. The van der Waals surface area contributed by atoms with E-state index in [1.54, 1.807) is 0 Å². The molecule has 0 aliphatic carbocycles. The van der Waals surface area contributed by atoms with Crippen LogP contribution in [0.15, 0.2) is 12.1 Å². The number of ether oxygens (including phenoxy) is 1. The van der Waals surface area contributed by atoms with Crippen LogP contribution in [-0.2, 0) is 0 Å². The highest BCUT2D eigenvalue weighted by molar-refractivity contribution is 5.57. The van der Waals surface area contributed by atoms with Crippen molar-refractivity contribution in [2.45, 2.75) is 26.7 Å². The standard InChI is InChI=1S/C12H19N3O3/c1-4-9(5-2)8-13-12-10(15(16)17)6-7-11(14-12)18-3/h6-7,9H,4-5,8H2,1-3H3,(H,13,14). The molecule has 0 aliphatic heterocycles. The minimum Gasteiger partial charge on any atom is -0.481 e. The Morgan fingerprint density at radius 3 is 2.61 bits per heavy atom. The predicted octanol–water partition coefficient (Wildman–Crippen LogP) is 2.85. The summed E-state index contributed by atoms with van der Waals surface area (Å²) in [4.78, 5) is 14.5. The van der Waals surface area contributed by atoms with Crippen molar-refractivity contribution in [1.82, 2.24) is 4.98 Å². The van der Waals surface area contributed by atoms with Crippen molar-refractivity contribution in [3.05, 3.63) is 22.2 Å². The third-order valence-corrected chi connectivity index (χ3v) is 2.97. The minimum atomic E-state index is -0.443. The van der Waals surface area contributed by atoms with Crippen LogP contribution in [0, 0.1) is 16.0 Å². The summed E-state index contributed by atoms with van der Waals surface area (Å²) in [5.41, 5.74) is -0.0262. The zero-order valence-corrected chi connectivity index (χ0v) is 11.0. The number of hydrogen-bond acceptors (Lipinski definition) is 5. The van der Waals surface area contributed by atoms with E-state index in [0.717, 1.165) is 12.8 Å². The second-order valence-electron chi connectivity index (χ2n) is 4.04. The normalized spacial score (nSPS) is 10.4. The summed E-state index contributed by atoms with van der Waals surface area (Å²) in [7, 11) is 1.48. The molecule has 1 rings (SSSR count). The largest absolute Gasteiger partial charge is 0.481 e. The lowest BCUT2D eigenvalue weighted by atomic mass is 10.0. The maximum atomic E-state index is 10.9. The molecule has 6 heteroatoms. The lowest BCUT2D eigenvalue weighted by molar-refractivity contribution is -0.384. The van der Waals surface area contributed by atoms with Gasteiger partial charge < -0.3 is 10.1 Å². The number of methoxy groups -OCH3 is 1. The van der Waals surface area contributed by atoms with Gasteiger partial charge in [-0.25, -0.2) is 0 Å². The number of nitrogens with one attached hydrogen (secondary N) is 1. The topological polar surface area (TPSA) is 77.3 Å². The number of nitrogens with zero attached hydrogens (tertiary/aromatic N) is 2. The number of pyridine rings is 1. The summed E-state index contributed by atoms with van der Waals surface area (Å²) in [5.74, 6) is 1.12. The molecule has 0 radical (unpaired) electrons. The smallest absolute Gasteiger partial charge is 0.311 e. The molecule has 100 valence electrons. The molecule has 1 aromatic heterocycles. The van der Waals surface area contributed by atoms with Gasteiger partial charge >= 0.3 is 5.69 Å². The fourth-order valence-corrected chi connectivity index (χ4v) is 1.64. The highest BCUT2D eigenvalue weighted by Crippen LogP contribution is 2.25. The van der Waals surface area contributed by atoms with Crippen LogP contribution in [0.1, 0.15) is 26.7 Å². The Hall–Kier alpha value is -1.85. The molecular formula is C12H19N3O3. The molecule has 6 nitrogen and oxygen atoms in total. The number of nitro groups is 1. The molecule has 1 heterocycles. The van der Waals surface area contributed by atoms with Crippen LogP contribution in [0.4, 0.5) is 11.5 Å². The predicted molar refractivity (Wildman–Crippen MR) is 70.0 cm³/mol. The molecule has 0 saturated carbocycles. The maximum absolute atomic E-state index is 10.9. The van der Waals surface area contributed by atoms with Crippen molar-refractivity contribution in [2.75, 3.05) is 19.0 Å². The van der Waals surface area contributed by atoms with Gasteiger partial charge in [-0.15, -0.1) is 0 Å². The molecular weight excluding hydrogens is 234 g/mol. The van der Waals surface area contributed by atoms with E-state index < -0.39 is 4.92 Å². The van der Waals surface area contributed by atoms with E-state index in [9.17, 15) is 10.1 Å². The molecule has 0 spiro atoms. The molecule has 0 unspecified atom stereocenters. The first-order valence-electron chi connectivity index (χ1n) is 6.05. The number of rotatable bonds is 7. The van der Waals surface area contributed by atoms with Crippen LogP contribution in [0.25, 0.3) is 0 Å². The Kier molecular flexibility index (Phi) is 5.35. The summed E-state index contributed by atoms with van der Waals surface area (Å²) in [6.07, 6.45) is 2.06. The first-order chi connectivity index (χ1) is 8.62. The Morgan fingerprint density at radius 2 is 2.11 bits per heavy atom. The van der Waals surface area contributed by atoms with Gasteiger partial charge in [0.25, 0.3) is 0 Å². The molecule has 1 N–H and O–H groups in total. The van der Waals surface area contributed by atoms with Crippen molar-refractivity contribution in [3.8, 4) is 5.88 Å². The zero-order valence-electron chi connectivity index (χ0n) is 11.0. The Balaban J connectivity index is 2.87. The quantitative estimate of drug-likeness (QED) is 0.597. The van der Waals surface area contributed by atoms with Gasteiger partial charge in [0.15, 0.2) is 0 Å². The number of hydrogen-bond donors (Lipinski definition) is 1. The Labute approximate surface area is 107 Å². The van der Waals surface area contributed by atoms with E-state index in [1.807, 2.05) is 0 Å². The molecule has 18 heavy (non-hydrogen) atoms. The van der Waals surface area contributed by atoms with Gasteiger partial charge in [-0.05, 0) is 5.92 Å². The summed E-state index contributed by atoms with van der Waals surface area (Å²) in [6.45, 7) is 4.88. The second-order valence-corrected chi connectivity index (χ2v) is 4.04. The van der Waals surface area contributed by atoms with Gasteiger partial charge in [0.2, 0.25) is 11.7 Å². The molecule has 0 aliphatic rings. The molecule has 0 bridgehead atoms. The van der Waals surface area contributed by atoms with E-state index in [-0.39, 0.29) is 11.5 Å². The summed E-state index contributed by atoms with van der Waals surface area (Å²) < 4.78 is 4.98. The van der Waals surface area contributed by atoms with Crippen molar-refractivity contribution in [3.63, 3.8) is 0 Å². The zero-order chi connectivity index (χ0) is 13.5. The van der Waals surface area contributed by atoms with Crippen molar-refractivity contribution < 1.29 is 9.66 Å². The molecule has 0 amide bonds. The average molecular weight is 253 g/mol. The van der Waals surface area contributed by atoms with E-state index >= 15 is 0 Å². The van der Waals surface area contributed by atoms with E-state index in [2.05, 4.69) is 24.1 Å². The molecule has 0 fully saturated rings. The van der Waals surface area contributed by atoms with Crippen LogP contribution in [0.5, 0.6) is 5.88 Å². The molecule has 0 aromatic carbocycles. The Morgan fingerprint density at radius 1 is 1.44 bits per heavy atom. The number of aromatic nitrogens is 1. The minimum absolute atomic E-state index is 0.0262. The SMILES string of the molecule is CCC(CC)CNc1nc(OC)ccc1[N+](=O)[O-]. The van der Waals surface area contributed by atoms with Gasteiger partial charge in [0.05, 0.1) is 12.0 Å². The van der Waals surface area contributed by atoms with E-state index in [0.29, 0.717) is 18.3 Å². The monoisotopic (exact) mass is 253 g/mol. The fraction of sp³-hybridized carbons (Fsp3) is 0.583. The summed E-state index contributed by atoms with van der Waals surface area (Å²) in [5, 5.41) is 13.9. The lowest BCUT2D eigenvalue weighted by Gasteiger charge is -2.14. The molecule has 0 atom stereocenters. The van der Waals surface area contributed by atoms with E-state index in [4.69, 9.17) is 4.74 Å². The first kappa shape index (κ1) is 14.2. The van der Waals surface area contributed by atoms with Crippen LogP contribution in [-0.4, -0.2) is 23.6 Å².